The molecule has 0 fully saturated rings. The van der Waals surface area contributed by atoms with Crippen LogP contribution in [0.1, 0.15) is 0 Å². The molecule has 0 atom stereocenters. The third-order valence-corrected chi connectivity index (χ3v) is 4.30. The summed E-state index contributed by atoms with van der Waals surface area (Å²) >= 11 is 11.9. The molecule has 0 unspecified atom stereocenters. The number of carbonyl (C=O) groups is 1. The summed E-state index contributed by atoms with van der Waals surface area (Å²) in [6.45, 7) is -0.248. The number of carbonyl (C=O) groups excluding carboxylic acids is 1. The average molecular weight is 404 g/mol. The lowest BCUT2D eigenvalue weighted by atomic mass is 10.1. The predicted molar refractivity (Wildman–Crippen MR) is 106 cm³/mol. The topological polar surface area (TPSA) is 73.2 Å². The Morgan fingerprint density at radius 1 is 1.11 bits per heavy atom. The van der Waals surface area contributed by atoms with Gasteiger partial charge in [-0.05, 0) is 48.5 Å². The molecule has 27 heavy (non-hydrogen) atoms. The predicted octanol–water partition coefficient (Wildman–Crippen LogP) is 3.86. The molecule has 0 saturated heterocycles. The molecule has 0 saturated carbocycles. The van der Waals surface area contributed by atoms with E-state index in [0.717, 1.165) is 10.2 Å². The van der Waals surface area contributed by atoms with E-state index in [0.29, 0.717) is 27.2 Å². The number of benzene rings is 2. The standard InChI is InChI=1S/C19H15Cl2N3O3/c1-27-14-5-2-12(3-6-14)16-8-9-19(26)24(23-16)11-18(25)22-17-7-4-13(20)10-15(17)21/h2-10H,11H2,1H3,(H,22,25). The van der Waals surface area contributed by atoms with Gasteiger partial charge in [-0.2, -0.15) is 5.10 Å². The second-order valence-corrected chi connectivity index (χ2v) is 6.46. The number of hydrogen-bond acceptors (Lipinski definition) is 4. The minimum absolute atomic E-state index is 0.248. The zero-order valence-corrected chi connectivity index (χ0v) is 15.8. The Morgan fingerprint density at radius 2 is 1.85 bits per heavy atom. The van der Waals surface area contributed by atoms with Gasteiger partial charge in [-0.25, -0.2) is 4.68 Å². The summed E-state index contributed by atoms with van der Waals surface area (Å²) in [5.74, 6) is 0.284. The van der Waals surface area contributed by atoms with Crippen LogP contribution in [0.25, 0.3) is 11.3 Å². The fourth-order valence-electron chi connectivity index (χ4n) is 2.39. The lowest BCUT2D eigenvalue weighted by Crippen LogP contribution is -2.29. The van der Waals surface area contributed by atoms with Gasteiger partial charge < -0.3 is 10.1 Å². The number of hydrogen-bond donors (Lipinski definition) is 1. The molecule has 138 valence electrons. The molecule has 0 aliphatic rings. The Morgan fingerprint density at radius 3 is 2.52 bits per heavy atom. The molecule has 0 aliphatic carbocycles. The number of anilines is 1. The number of methoxy groups -OCH3 is 1. The van der Waals surface area contributed by atoms with Gasteiger partial charge >= 0.3 is 0 Å². The Bertz CT molecular complexity index is 1030. The number of amides is 1. The number of rotatable bonds is 5. The lowest BCUT2D eigenvalue weighted by Gasteiger charge is -2.10. The van der Waals surface area contributed by atoms with Crippen LogP contribution >= 0.6 is 23.2 Å². The van der Waals surface area contributed by atoms with Crippen LogP contribution in [-0.2, 0) is 11.3 Å². The minimum Gasteiger partial charge on any atom is -0.497 e. The molecular formula is C19H15Cl2N3O3. The van der Waals surface area contributed by atoms with Gasteiger partial charge in [0.2, 0.25) is 5.91 Å². The van der Waals surface area contributed by atoms with Crippen LogP contribution < -0.4 is 15.6 Å². The first-order valence-corrected chi connectivity index (χ1v) is 8.69. The smallest absolute Gasteiger partial charge is 0.267 e. The molecule has 3 aromatic rings. The van der Waals surface area contributed by atoms with Gasteiger partial charge in [0.1, 0.15) is 12.3 Å². The van der Waals surface area contributed by atoms with Crippen molar-refractivity contribution in [3.8, 4) is 17.0 Å². The fourth-order valence-corrected chi connectivity index (χ4v) is 2.85. The number of aromatic nitrogens is 2. The maximum absolute atomic E-state index is 12.3. The molecule has 1 aromatic heterocycles. The molecule has 2 aromatic carbocycles. The van der Waals surface area contributed by atoms with E-state index in [1.54, 1.807) is 37.4 Å². The van der Waals surface area contributed by atoms with Gasteiger partial charge in [0.25, 0.3) is 5.56 Å². The molecule has 6 nitrogen and oxygen atoms in total. The molecule has 1 heterocycles. The van der Waals surface area contributed by atoms with Crippen molar-refractivity contribution < 1.29 is 9.53 Å². The molecule has 3 rings (SSSR count). The van der Waals surface area contributed by atoms with Crippen LogP contribution in [0.4, 0.5) is 5.69 Å². The quantitative estimate of drug-likeness (QED) is 0.701. The van der Waals surface area contributed by atoms with E-state index in [4.69, 9.17) is 27.9 Å². The Labute approximate surface area is 165 Å². The van der Waals surface area contributed by atoms with Crippen molar-refractivity contribution in [2.45, 2.75) is 6.54 Å². The number of halogens is 2. The highest BCUT2D eigenvalue weighted by molar-refractivity contribution is 6.36. The van der Waals surface area contributed by atoms with Crippen molar-refractivity contribution in [3.63, 3.8) is 0 Å². The van der Waals surface area contributed by atoms with Gasteiger partial charge in [-0.1, -0.05) is 23.2 Å². The average Bonchev–Trinajstić information content (AvgIpc) is 2.66. The zero-order valence-electron chi connectivity index (χ0n) is 14.3. The molecule has 0 aliphatic heterocycles. The highest BCUT2D eigenvalue weighted by atomic mass is 35.5. The summed E-state index contributed by atoms with van der Waals surface area (Å²) in [6, 6.07) is 14.9. The third-order valence-electron chi connectivity index (χ3n) is 3.75. The first-order chi connectivity index (χ1) is 13.0. The van der Waals surface area contributed by atoms with Crippen LogP contribution in [-0.4, -0.2) is 22.8 Å². The molecule has 0 bridgehead atoms. The first-order valence-electron chi connectivity index (χ1n) is 7.94. The normalized spacial score (nSPS) is 10.5. The summed E-state index contributed by atoms with van der Waals surface area (Å²) < 4.78 is 6.22. The van der Waals surface area contributed by atoms with Gasteiger partial charge in [0.05, 0.1) is 23.5 Å². The van der Waals surface area contributed by atoms with Gasteiger partial charge in [0, 0.05) is 16.7 Å². The van der Waals surface area contributed by atoms with Crippen molar-refractivity contribution in [3.05, 3.63) is 75.0 Å². The maximum atomic E-state index is 12.3. The number of nitrogens with one attached hydrogen (secondary N) is 1. The second kappa shape index (κ2) is 8.24. The summed E-state index contributed by atoms with van der Waals surface area (Å²) in [7, 11) is 1.58. The number of nitrogens with zero attached hydrogens (tertiary/aromatic N) is 2. The van der Waals surface area contributed by atoms with Crippen molar-refractivity contribution in [2.75, 3.05) is 12.4 Å². The number of ether oxygens (including phenoxy) is 1. The summed E-state index contributed by atoms with van der Waals surface area (Å²) in [6.07, 6.45) is 0. The van der Waals surface area contributed by atoms with Gasteiger partial charge in [0.15, 0.2) is 0 Å². The van der Waals surface area contributed by atoms with Crippen LogP contribution in [0.3, 0.4) is 0 Å². The molecular weight excluding hydrogens is 389 g/mol. The summed E-state index contributed by atoms with van der Waals surface area (Å²) in [4.78, 5) is 24.3. The Balaban J connectivity index is 1.79. The Hall–Kier alpha value is -2.83. The van der Waals surface area contributed by atoms with E-state index in [1.165, 1.54) is 12.1 Å². The molecule has 0 spiro atoms. The van der Waals surface area contributed by atoms with Crippen LogP contribution in [0, 0.1) is 0 Å². The van der Waals surface area contributed by atoms with E-state index in [2.05, 4.69) is 10.4 Å². The van der Waals surface area contributed by atoms with Crippen molar-refractivity contribution in [1.29, 1.82) is 0 Å². The van der Waals surface area contributed by atoms with Crippen molar-refractivity contribution in [2.24, 2.45) is 0 Å². The van der Waals surface area contributed by atoms with E-state index in [9.17, 15) is 9.59 Å². The largest absolute Gasteiger partial charge is 0.497 e. The van der Waals surface area contributed by atoms with E-state index in [1.807, 2.05) is 12.1 Å². The fraction of sp³-hybridized carbons (Fsp3) is 0.105. The van der Waals surface area contributed by atoms with Crippen LogP contribution in [0.5, 0.6) is 5.75 Å². The molecule has 8 heteroatoms. The lowest BCUT2D eigenvalue weighted by molar-refractivity contribution is -0.117. The molecule has 1 amide bonds. The summed E-state index contributed by atoms with van der Waals surface area (Å²) in [5.41, 5.74) is 1.38. The minimum atomic E-state index is -0.430. The Kier molecular flexibility index (Phi) is 5.78. The van der Waals surface area contributed by atoms with E-state index < -0.39 is 5.91 Å². The third kappa shape index (κ3) is 4.67. The summed E-state index contributed by atoms with van der Waals surface area (Å²) in [5, 5.41) is 7.68. The van der Waals surface area contributed by atoms with Crippen LogP contribution in [0.2, 0.25) is 10.0 Å². The second-order valence-electron chi connectivity index (χ2n) is 5.62. The van der Waals surface area contributed by atoms with Crippen molar-refractivity contribution in [1.82, 2.24) is 9.78 Å². The SMILES string of the molecule is COc1ccc(-c2ccc(=O)n(CC(=O)Nc3ccc(Cl)cc3Cl)n2)cc1. The first kappa shape index (κ1) is 18.9. The van der Waals surface area contributed by atoms with Crippen LogP contribution in [0.15, 0.2) is 59.4 Å². The highest BCUT2D eigenvalue weighted by Gasteiger charge is 2.10. The van der Waals surface area contributed by atoms with E-state index >= 15 is 0 Å². The zero-order chi connectivity index (χ0) is 19.4. The van der Waals surface area contributed by atoms with Crippen molar-refractivity contribution >= 4 is 34.8 Å². The maximum Gasteiger partial charge on any atom is 0.267 e. The highest BCUT2D eigenvalue weighted by Crippen LogP contribution is 2.25. The van der Waals surface area contributed by atoms with Gasteiger partial charge in [-0.3, -0.25) is 9.59 Å². The monoisotopic (exact) mass is 403 g/mol. The van der Waals surface area contributed by atoms with E-state index in [-0.39, 0.29) is 12.1 Å². The molecule has 0 radical (unpaired) electrons. The molecule has 1 N–H and O–H groups in total. The van der Waals surface area contributed by atoms with Gasteiger partial charge in [-0.15, -0.1) is 0 Å².